The fourth-order valence-electron chi connectivity index (χ4n) is 5.27. The fourth-order valence-corrected chi connectivity index (χ4v) is 5.27. The summed E-state index contributed by atoms with van der Waals surface area (Å²) < 4.78 is 18.8. The van der Waals surface area contributed by atoms with Gasteiger partial charge in [-0.1, -0.05) is 42.5 Å². The number of nitrogens with zero attached hydrogens (tertiary/aromatic N) is 1. The van der Waals surface area contributed by atoms with Crippen LogP contribution in [-0.2, 0) is 9.59 Å². The van der Waals surface area contributed by atoms with Crippen LogP contribution in [0.25, 0.3) is 16.5 Å². The van der Waals surface area contributed by atoms with E-state index in [2.05, 4.69) is 58.5 Å². The van der Waals surface area contributed by atoms with Crippen LogP contribution in [0.5, 0.6) is 17.2 Å². The van der Waals surface area contributed by atoms with Crippen LogP contribution in [0.4, 0.5) is 5.69 Å². The Labute approximate surface area is 262 Å². The maximum atomic E-state index is 13.0. The van der Waals surface area contributed by atoms with Crippen molar-refractivity contribution in [2.45, 2.75) is 25.8 Å². The van der Waals surface area contributed by atoms with Crippen molar-refractivity contribution in [3.05, 3.63) is 126 Å². The summed E-state index contributed by atoms with van der Waals surface area (Å²) in [5.74, 6) is 0.934. The highest BCUT2D eigenvalue weighted by atomic mass is 16.5. The highest BCUT2D eigenvalue weighted by Gasteiger charge is 2.19. The van der Waals surface area contributed by atoms with Gasteiger partial charge < -0.3 is 29.2 Å². The second kappa shape index (κ2) is 14.3. The smallest absolute Gasteiger partial charge is 0.303 e. The number of ether oxygens (including phenoxy) is 3. The van der Waals surface area contributed by atoms with Gasteiger partial charge in [0.25, 0.3) is 0 Å². The molecule has 8 nitrogen and oxygen atoms in total. The molecule has 0 aliphatic heterocycles. The van der Waals surface area contributed by atoms with Gasteiger partial charge in [-0.15, -0.1) is 0 Å². The third-order valence-corrected chi connectivity index (χ3v) is 7.60. The van der Waals surface area contributed by atoms with Gasteiger partial charge >= 0.3 is 5.97 Å². The maximum Gasteiger partial charge on any atom is 0.303 e. The Morgan fingerprint density at radius 3 is 2.13 bits per heavy atom. The van der Waals surface area contributed by atoms with Crippen molar-refractivity contribution in [1.29, 1.82) is 0 Å². The van der Waals surface area contributed by atoms with Crippen molar-refractivity contribution < 1.29 is 28.9 Å². The minimum absolute atomic E-state index is 0.0216. The summed E-state index contributed by atoms with van der Waals surface area (Å²) in [5, 5.41) is 12.8. The lowest BCUT2D eigenvalue weighted by atomic mass is 9.97. The van der Waals surface area contributed by atoms with Crippen LogP contribution in [0, 0.1) is 0 Å². The first-order valence-corrected chi connectivity index (χ1v) is 14.7. The van der Waals surface area contributed by atoms with Gasteiger partial charge in [0.1, 0.15) is 17.2 Å². The number of anilines is 1. The molecule has 1 amide bonds. The number of allylic oxidation sites excluding steroid dienone is 1. The molecule has 0 spiro atoms. The number of para-hydroxylation sites is 2. The molecule has 230 valence electrons. The van der Waals surface area contributed by atoms with Crippen molar-refractivity contribution in [2.24, 2.45) is 0 Å². The largest absolute Gasteiger partial charge is 0.497 e. The monoisotopic (exact) mass is 604 g/mol. The molecule has 1 heterocycles. The number of carboxylic acids is 1. The molecule has 5 aromatic rings. The number of methoxy groups -OCH3 is 2. The van der Waals surface area contributed by atoms with E-state index in [1.807, 2.05) is 37.3 Å². The number of nitrogens with one attached hydrogen (secondary N) is 1. The normalized spacial score (nSPS) is 11.4. The zero-order chi connectivity index (χ0) is 31.8. The first kappa shape index (κ1) is 30.9. The molecule has 5 rings (SSSR count). The van der Waals surface area contributed by atoms with E-state index in [0.717, 1.165) is 44.7 Å². The summed E-state index contributed by atoms with van der Waals surface area (Å²) in [6.45, 7) is 2.15. The molecule has 45 heavy (non-hydrogen) atoms. The zero-order valence-electron chi connectivity index (χ0n) is 25.5. The molecule has 0 radical (unpaired) electrons. The molecule has 1 aromatic heterocycles. The van der Waals surface area contributed by atoms with Gasteiger partial charge in [0.2, 0.25) is 5.91 Å². The average Bonchev–Trinajstić information content (AvgIpc) is 3.47. The van der Waals surface area contributed by atoms with E-state index in [1.54, 1.807) is 44.6 Å². The van der Waals surface area contributed by atoms with E-state index < -0.39 is 5.97 Å². The first-order chi connectivity index (χ1) is 21.9. The Morgan fingerprint density at radius 2 is 1.51 bits per heavy atom. The van der Waals surface area contributed by atoms with E-state index in [1.165, 1.54) is 0 Å². The average molecular weight is 605 g/mol. The summed E-state index contributed by atoms with van der Waals surface area (Å²) in [6.07, 6.45) is 4.05. The van der Waals surface area contributed by atoms with E-state index in [-0.39, 0.29) is 25.0 Å². The minimum atomic E-state index is -0.871. The van der Waals surface area contributed by atoms with Crippen molar-refractivity contribution in [1.82, 2.24) is 4.57 Å². The van der Waals surface area contributed by atoms with Gasteiger partial charge in [0.15, 0.2) is 0 Å². The first-order valence-electron chi connectivity index (χ1n) is 14.7. The quantitative estimate of drug-likeness (QED) is 0.106. The predicted octanol–water partition coefficient (Wildman–Crippen LogP) is 7.58. The van der Waals surface area contributed by atoms with Gasteiger partial charge in [-0.2, -0.15) is 0 Å². The predicted molar refractivity (Wildman–Crippen MR) is 176 cm³/mol. The zero-order valence-corrected chi connectivity index (χ0v) is 25.5. The highest BCUT2D eigenvalue weighted by Crippen LogP contribution is 2.34. The van der Waals surface area contributed by atoms with Gasteiger partial charge in [-0.3, -0.25) is 9.59 Å². The number of hydrogen-bond donors (Lipinski definition) is 2. The van der Waals surface area contributed by atoms with E-state index in [0.29, 0.717) is 17.9 Å². The molecule has 0 bridgehead atoms. The van der Waals surface area contributed by atoms with Crippen LogP contribution in [-0.4, -0.2) is 42.4 Å². The van der Waals surface area contributed by atoms with E-state index in [4.69, 9.17) is 19.3 Å². The molecular weight excluding hydrogens is 568 g/mol. The van der Waals surface area contributed by atoms with Crippen molar-refractivity contribution >= 4 is 34.0 Å². The van der Waals surface area contributed by atoms with Crippen LogP contribution in [0.15, 0.2) is 109 Å². The van der Waals surface area contributed by atoms with E-state index in [9.17, 15) is 9.59 Å². The van der Waals surface area contributed by atoms with Crippen LogP contribution in [0.2, 0.25) is 0 Å². The molecule has 4 aromatic carbocycles. The SMILES string of the molecule is COc1ccc(C(c2ccc(OC)cc2)n2ccc3cc(C(C)=CC(=O)Nc4ccccc4OCCCC(=O)O)ccc32)cc1. The third kappa shape index (κ3) is 7.54. The number of aromatic nitrogens is 1. The van der Waals surface area contributed by atoms with Crippen molar-refractivity contribution in [3.63, 3.8) is 0 Å². The second-order valence-electron chi connectivity index (χ2n) is 10.6. The number of hydrogen-bond acceptors (Lipinski definition) is 5. The second-order valence-corrected chi connectivity index (χ2v) is 10.6. The topological polar surface area (TPSA) is 99.0 Å². The standard InChI is InChI=1S/C37H36N2O6/c1-25(23-35(40)38-32-7-4-5-8-34(32)45-22-6-9-36(41)42)28-14-19-33-29(24-28)20-21-39(33)37(26-10-15-30(43-2)16-11-26)27-12-17-31(44-3)18-13-27/h4-5,7-8,10-21,23-24,37H,6,9,22H2,1-3H3,(H,38,40)(H,41,42). The highest BCUT2D eigenvalue weighted by molar-refractivity contribution is 6.05. The molecule has 0 unspecified atom stereocenters. The number of carbonyl (C=O) groups excluding carboxylic acids is 1. The number of carbonyl (C=O) groups is 2. The number of fused-ring (bicyclic) bond motifs is 1. The number of rotatable bonds is 13. The molecule has 0 fully saturated rings. The molecular formula is C37H36N2O6. The molecule has 0 atom stereocenters. The molecule has 0 aliphatic rings. The van der Waals surface area contributed by atoms with Gasteiger partial charge in [-0.25, -0.2) is 0 Å². The maximum absolute atomic E-state index is 13.0. The van der Waals surface area contributed by atoms with Crippen molar-refractivity contribution in [2.75, 3.05) is 26.1 Å². The lowest BCUT2D eigenvalue weighted by Crippen LogP contribution is -2.11. The Kier molecular flexibility index (Phi) is 9.84. The van der Waals surface area contributed by atoms with Gasteiger partial charge in [-0.05, 0) is 90.2 Å². The Morgan fingerprint density at radius 1 is 0.867 bits per heavy atom. The van der Waals surface area contributed by atoms with Gasteiger partial charge in [0, 0.05) is 29.6 Å². The number of aliphatic carboxylic acids is 1. The summed E-state index contributed by atoms with van der Waals surface area (Å²) in [4.78, 5) is 23.8. The van der Waals surface area contributed by atoms with E-state index >= 15 is 0 Å². The van der Waals surface area contributed by atoms with Crippen LogP contribution >= 0.6 is 0 Å². The fraction of sp³-hybridized carbons (Fsp3) is 0.189. The van der Waals surface area contributed by atoms with Crippen molar-refractivity contribution in [3.8, 4) is 17.2 Å². The number of amides is 1. The molecule has 0 saturated carbocycles. The summed E-state index contributed by atoms with van der Waals surface area (Å²) in [7, 11) is 3.32. The Bertz CT molecular complexity index is 1760. The summed E-state index contributed by atoms with van der Waals surface area (Å²) in [6, 6.07) is 31.5. The van der Waals surface area contributed by atoms with Gasteiger partial charge in [0.05, 0.1) is 32.6 Å². The lowest BCUT2D eigenvalue weighted by molar-refractivity contribution is -0.137. The Balaban J connectivity index is 1.38. The molecule has 0 saturated heterocycles. The number of benzene rings is 4. The minimum Gasteiger partial charge on any atom is -0.497 e. The third-order valence-electron chi connectivity index (χ3n) is 7.60. The molecule has 0 aliphatic carbocycles. The lowest BCUT2D eigenvalue weighted by Gasteiger charge is -2.22. The van der Waals surface area contributed by atoms with Crippen LogP contribution < -0.4 is 19.5 Å². The van der Waals surface area contributed by atoms with Crippen LogP contribution in [0.3, 0.4) is 0 Å². The Hall–Kier alpha value is -5.50. The summed E-state index contributed by atoms with van der Waals surface area (Å²) >= 11 is 0. The summed E-state index contributed by atoms with van der Waals surface area (Å²) in [5.41, 5.74) is 5.55. The number of carboxylic acid groups (broad SMARTS) is 1. The van der Waals surface area contributed by atoms with Crippen LogP contribution in [0.1, 0.15) is 42.5 Å². The molecule has 8 heteroatoms. The molecule has 2 N–H and O–H groups in total.